The minimum Gasteiger partial charge on any atom is -0.490 e. The molecule has 102 valence electrons. The van der Waals surface area contributed by atoms with Gasteiger partial charge in [-0.2, -0.15) is 4.37 Å². The Morgan fingerprint density at radius 2 is 2.00 bits per heavy atom. The molecule has 19 heavy (non-hydrogen) atoms. The zero-order valence-electron chi connectivity index (χ0n) is 11.4. The smallest absolute Gasteiger partial charge is 0.197 e. The summed E-state index contributed by atoms with van der Waals surface area (Å²) in [5, 5.41) is 4.17. The van der Waals surface area contributed by atoms with Crippen LogP contribution in [0.2, 0.25) is 0 Å². The summed E-state index contributed by atoms with van der Waals surface area (Å²) >= 11 is 1.32. The fourth-order valence-corrected chi connectivity index (χ4v) is 2.49. The molecule has 0 saturated carbocycles. The number of benzene rings is 1. The number of ether oxygens (including phenoxy) is 1. The van der Waals surface area contributed by atoms with E-state index in [1.54, 1.807) is 7.11 Å². The summed E-state index contributed by atoms with van der Waals surface area (Å²) in [6.07, 6.45) is 0. The van der Waals surface area contributed by atoms with E-state index < -0.39 is 0 Å². The van der Waals surface area contributed by atoms with Crippen molar-refractivity contribution in [1.82, 2.24) is 4.37 Å². The lowest BCUT2D eigenvalue weighted by atomic mass is 10.0. The predicted octanol–water partition coefficient (Wildman–Crippen LogP) is 3.47. The molecule has 0 unspecified atom stereocenters. The molecule has 0 aliphatic carbocycles. The van der Waals surface area contributed by atoms with Gasteiger partial charge in [0.2, 0.25) is 0 Å². The van der Waals surface area contributed by atoms with Crippen LogP contribution in [0.3, 0.4) is 0 Å². The molecule has 0 amide bonds. The molecule has 4 nitrogen and oxygen atoms in total. The van der Waals surface area contributed by atoms with Crippen LogP contribution in [0.5, 0.6) is 5.75 Å². The molecule has 0 bridgehead atoms. The molecule has 0 saturated heterocycles. The molecule has 0 radical (unpaired) electrons. The number of nitrogens with one attached hydrogen (secondary N) is 1. The first-order chi connectivity index (χ1) is 9.11. The third kappa shape index (κ3) is 3.17. The van der Waals surface area contributed by atoms with E-state index in [1.165, 1.54) is 22.7 Å². The van der Waals surface area contributed by atoms with Gasteiger partial charge in [-0.25, -0.2) is 0 Å². The molecule has 1 aromatic heterocycles. The van der Waals surface area contributed by atoms with Gasteiger partial charge in [-0.15, -0.1) is 0 Å². The van der Waals surface area contributed by atoms with Gasteiger partial charge in [0.15, 0.2) is 16.6 Å². The van der Waals surface area contributed by atoms with Crippen LogP contribution in [0.1, 0.15) is 30.9 Å². The SMILES string of the molecule is COc1c(N)nsc1NCc1ccc(C(C)C)cc1. The lowest BCUT2D eigenvalue weighted by Crippen LogP contribution is -2.00. The average molecular weight is 277 g/mol. The summed E-state index contributed by atoms with van der Waals surface area (Å²) in [4.78, 5) is 0. The van der Waals surface area contributed by atoms with Crippen LogP contribution in [0.15, 0.2) is 24.3 Å². The van der Waals surface area contributed by atoms with Crippen LogP contribution in [0.25, 0.3) is 0 Å². The fourth-order valence-electron chi connectivity index (χ4n) is 1.81. The van der Waals surface area contributed by atoms with Crippen molar-refractivity contribution in [3.8, 4) is 5.75 Å². The molecular weight excluding hydrogens is 258 g/mol. The topological polar surface area (TPSA) is 60.2 Å². The van der Waals surface area contributed by atoms with Crippen molar-refractivity contribution in [1.29, 1.82) is 0 Å². The number of aromatic nitrogens is 1. The Morgan fingerprint density at radius 3 is 2.58 bits per heavy atom. The molecular formula is C14H19N3OS. The summed E-state index contributed by atoms with van der Waals surface area (Å²) < 4.78 is 9.28. The van der Waals surface area contributed by atoms with Crippen molar-refractivity contribution in [3.63, 3.8) is 0 Å². The Kier molecular flexibility index (Phi) is 4.27. The molecule has 0 atom stereocenters. The van der Waals surface area contributed by atoms with E-state index in [0.29, 0.717) is 17.5 Å². The standard InChI is InChI=1S/C14H19N3OS/c1-9(2)11-6-4-10(5-7-11)8-16-14-12(18-3)13(15)17-19-14/h4-7,9,16H,8H2,1-3H3,(H2,15,17). The molecule has 3 N–H and O–H groups in total. The summed E-state index contributed by atoms with van der Waals surface area (Å²) in [6, 6.07) is 8.61. The number of nitrogen functional groups attached to an aromatic ring is 1. The number of nitrogens with zero attached hydrogens (tertiary/aromatic N) is 1. The van der Waals surface area contributed by atoms with E-state index in [1.807, 2.05) is 0 Å². The van der Waals surface area contributed by atoms with Gasteiger partial charge in [0, 0.05) is 6.54 Å². The molecule has 0 aliphatic rings. The Labute approximate surface area is 117 Å². The Balaban J connectivity index is 2.02. The monoisotopic (exact) mass is 277 g/mol. The molecule has 0 fully saturated rings. The highest BCUT2D eigenvalue weighted by atomic mass is 32.1. The highest BCUT2D eigenvalue weighted by Gasteiger charge is 2.11. The molecule has 0 spiro atoms. The van der Waals surface area contributed by atoms with Crippen LogP contribution in [0, 0.1) is 0 Å². The second-order valence-corrected chi connectivity index (χ2v) is 5.45. The summed E-state index contributed by atoms with van der Waals surface area (Å²) in [5.74, 6) is 1.62. The van der Waals surface area contributed by atoms with Crippen molar-refractivity contribution < 1.29 is 4.74 Å². The van der Waals surface area contributed by atoms with E-state index >= 15 is 0 Å². The van der Waals surface area contributed by atoms with Gasteiger partial charge >= 0.3 is 0 Å². The number of anilines is 2. The minimum atomic E-state index is 0.435. The Morgan fingerprint density at radius 1 is 1.32 bits per heavy atom. The van der Waals surface area contributed by atoms with Crippen LogP contribution in [-0.2, 0) is 6.54 Å². The van der Waals surface area contributed by atoms with Crippen LogP contribution in [-0.4, -0.2) is 11.5 Å². The highest BCUT2D eigenvalue weighted by molar-refractivity contribution is 7.11. The second-order valence-electron chi connectivity index (χ2n) is 4.68. The summed E-state index contributed by atoms with van der Waals surface area (Å²) in [6.45, 7) is 5.12. The van der Waals surface area contributed by atoms with Crippen molar-refractivity contribution >= 4 is 22.4 Å². The maximum absolute atomic E-state index is 5.71. The van der Waals surface area contributed by atoms with E-state index in [0.717, 1.165) is 11.5 Å². The van der Waals surface area contributed by atoms with Crippen LogP contribution in [0.4, 0.5) is 10.8 Å². The minimum absolute atomic E-state index is 0.435. The normalized spacial score (nSPS) is 10.7. The largest absolute Gasteiger partial charge is 0.490 e. The van der Waals surface area contributed by atoms with Gasteiger partial charge < -0.3 is 15.8 Å². The molecule has 1 heterocycles. The molecule has 2 aromatic rings. The summed E-state index contributed by atoms with van der Waals surface area (Å²) in [5.41, 5.74) is 8.28. The molecule has 0 aliphatic heterocycles. The number of hydrogen-bond acceptors (Lipinski definition) is 5. The second kappa shape index (κ2) is 5.93. The van der Waals surface area contributed by atoms with Gasteiger partial charge in [0.25, 0.3) is 0 Å². The average Bonchev–Trinajstić information content (AvgIpc) is 2.77. The number of methoxy groups -OCH3 is 1. The predicted molar refractivity (Wildman–Crippen MR) is 80.9 cm³/mol. The van der Waals surface area contributed by atoms with Gasteiger partial charge in [0.1, 0.15) is 0 Å². The van der Waals surface area contributed by atoms with Crippen molar-refractivity contribution in [2.24, 2.45) is 0 Å². The van der Waals surface area contributed by atoms with E-state index in [4.69, 9.17) is 10.5 Å². The maximum atomic E-state index is 5.71. The Bertz CT molecular complexity index is 534. The third-order valence-corrected chi connectivity index (χ3v) is 3.78. The first-order valence-corrected chi connectivity index (χ1v) is 7.01. The van der Waals surface area contributed by atoms with Gasteiger partial charge in [-0.05, 0) is 28.6 Å². The number of nitrogens with two attached hydrogens (primary N) is 1. The first-order valence-electron chi connectivity index (χ1n) is 6.23. The van der Waals surface area contributed by atoms with Gasteiger partial charge in [-0.3, -0.25) is 0 Å². The van der Waals surface area contributed by atoms with Crippen LogP contribution >= 0.6 is 11.5 Å². The zero-order chi connectivity index (χ0) is 13.8. The quantitative estimate of drug-likeness (QED) is 0.878. The van der Waals surface area contributed by atoms with Gasteiger partial charge in [0.05, 0.1) is 7.11 Å². The Hall–Kier alpha value is -1.75. The maximum Gasteiger partial charge on any atom is 0.197 e. The van der Waals surface area contributed by atoms with E-state index in [-0.39, 0.29) is 0 Å². The molecule has 5 heteroatoms. The van der Waals surface area contributed by atoms with Crippen LogP contribution < -0.4 is 15.8 Å². The van der Waals surface area contributed by atoms with Gasteiger partial charge in [-0.1, -0.05) is 38.1 Å². The third-order valence-electron chi connectivity index (χ3n) is 2.98. The zero-order valence-corrected chi connectivity index (χ0v) is 12.3. The lowest BCUT2D eigenvalue weighted by Gasteiger charge is -2.08. The van der Waals surface area contributed by atoms with Crippen molar-refractivity contribution in [2.45, 2.75) is 26.3 Å². The summed E-state index contributed by atoms with van der Waals surface area (Å²) in [7, 11) is 1.60. The molecule has 2 rings (SSSR count). The number of rotatable bonds is 5. The van der Waals surface area contributed by atoms with Crippen molar-refractivity contribution in [2.75, 3.05) is 18.2 Å². The van der Waals surface area contributed by atoms with Crippen molar-refractivity contribution in [3.05, 3.63) is 35.4 Å². The number of hydrogen-bond donors (Lipinski definition) is 2. The molecule has 1 aromatic carbocycles. The fraction of sp³-hybridized carbons (Fsp3) is 0.357. The first kappa shape index (κ1) is 13.7. The highest BCUT2D eigenvalue weighted by Crippen LogP contribution is 2.34. The van der Waals surface area contributed by atoms with E-state index in [9.17, 15) is 0 Å². The van der Waals surface area contributed by atoms with E-state index in [2.05, 4.69) is 47.8 Å². The lowest BCUT2D eigenvalue weighted by molar-refractivity contribution is 0.419.